The fourth-order valence-electron chi connectivity index (χ4n) is 1.36. The number of halogens is 2. The molecule has 0 aliphatic heterocycles. The van der Waals surface area contributed by atoms with Gasteiger partial charge in [-0.3, -0.25) is 0 Å². The number of rotatable bonds is 4. The monoisotopic (exact) mass is 331 g/mol. The molecule has 0 fully saturated rings. The van der Waals surface area contributed by atoms with Crippen LogP contribution in [0.15, 0.2) is 28.1 Å². The van der Waals surface area contributed by atoms with Crippen molar-refractivity contribution in [3.05, 3.63) is 44.3 Å². The Kier molecular flexibility index (Phi) is 4.42. The van der Waals surface area contributed by atoms with Crippen molar-refractivity contribution in [1.29, 1.82) is 0 Å². The van der Waals surface area contributed by atoms with Gasteiger partial charge in [0.2, 0.25) is 0 Å². The summed E-state index contributed by atoms with van der Waals surface area (Å²) in [4.78, 5) is 4.34. The van der Waals surface area contributed by atoms with Crippen molar-refractivity contribution < 1.29 is 4.74 Å². The molecule has 0 unspecified atom stereocenters. The highest BCUT2D eigenvalue weighted by atomic mass is 79.9. The van der Waals surface area contributed by atoms with Gasteiger partial charge >= 0.3 is 0 Å². The summed E-state index contributed by atoms with van der Waals surface area (Å²) in [7, 11) is 0. The summed E-state index contributed by atoms with van der Waals surface area (Å²) in [6.45, 7) is 2.48. The van der Waals surface area contributed by atoms with E-state index in [1.54, 1.807) is 11.3 Å². The molecule has 1 aromatic carbocycles. The number of benzene rings is 1. The molecule has 0 N–H and O–H groups in total. The van der Waals surface area contributed by atoms with Crippen molar-refractivity contribution in [2.45, 2.75) is 19.4 Å². The lowest BCUT2D eigenvalue weighted by atomic mass is 10.2. The van der Waals surface area contributed by atoms with Crippen molar-refractivity contribution in [1.82, 2.24) is 4.98 Å². The first-order chi connectivity index (χ1) is 8.19. The molecule has 0 radical (unpaired) electrons. The summed E-state index contributed by atoms with van der Waals surface area (Å²) in [6, 6.07) is 5.80. The van der Waals surface area contributed by atoms with Crippen molar-refractivity contribution in [2.24, 2.45) is 0 Å². The van der Waals surface area contributed by atoms with Gasteiger partial charge in [0, 0.05) is 21.4 Å². The maximum absolute atomic E-state index is 5.83. The molecule has 5 heteroatoms. The minimum atomic E-state index is 0.466. The molecule has 0 saturated carbocycles. The van der Waals surface area contributed by atoms with E-state index >= 15 is 0 Å². The van der Waals surface area contributed by atoms with Gasteiger partial charge in [-0.2, -0.15) is 0 Å². The van der Waals surface area contributed by atoms with Gasteiger partial charge in [0.05, 0.1) is 0 Å². The molecule has 2 rings (SSSR count). The SMILES string of the molecule is Cc1csc(COc2ccc(Br)c(CCl)c2)n1. The lowest BCUT2D eigenvalue weighted by Gasteiger charge is -2.06. The van der Waals surface area contributed by atoms with E-state index < -0.39 is 0 Å². The second-order valence-electron chi connectivity index (χ2n) is 3.56. The second kappa shape index (κ2) is 5.85. The summed E-state index contributed by atoms with van der Waals surface area (Å²) in [6.07, 6.45) is 0. The fourth-order valence-corrected chi connectivity index (χ4v) is 2.81. The summed E-state index contributed by atoms with van der Waals surface area (Å²) in [5.41, 5.74) is 2.06. The molecule has 0 spiro atoms. The Labute approximate surface area is 118 Å². The quantitative estimate of drug-likeness (QED) is 0.767. The zero-order chi connectivity index (χ0) is 12.3. The number of alkyl halides is 1. The Hall–Kier alpha value is -0.580. The number of nitrogens with zero attached hydrogens (tertiary/aromatic N) is 1. The topological polar surface area (TPSA) is 22.1 Å². The average Bonchev–Trinajstić information content (AvgIpc) is 2.74. The molecule has 0 amide bonds. The number of hydrogen-bond donors (Lipinski definition) is 0. The van der Waals surface area contributed by atoms with Gasteiger partial charge in [0.25, 0.3) is 0 Å². The standard InChI is InChI=1S/C12H11BrClNOS/c1-8-7-17-12(15-8)6-16-10-2-3-11(13)9(4-10)5-14/h2-4,7H,5-6H2,1H3. The maximum atomic E-state index is 5.83. The highest BCUT2D eigenvalue weighted by Gasteiger charge is 2.03. The zero-order valence-electron chi connectivity index (χ0n) is 9.24. The maximum Gasteiger partial charge on any atom is 0.140 e. The lowest BCUT2D eigenvalue weighted by molar-refractivity contribution is 0.305. The molecular weight excluding hydrogens is 322 g/mol. The van der Waals surface area contributed by atoms with Crippen molar-refractivity contribution in [3.63, 3.8) is 0 Å². The Bertz CT molecular complexity index is 515. The molecule has 0 aliphatic rings. The minimum Gasteiger partial charge on any atom is -0.486 e. The molecule has 1 aromatic heterocycles. The molecule has 2 nitrogen and oxygen atoms in total. The van der Waals surface area contributed by atoms with E-state index in [4.69, 9.17) is 16.3 Å². The van der Waals surface area contributed by atoms with Crippen LogP contribution in [0.5, 0.6) is 5.75 Å². The van der Waals surface area contributed by atoms with Crippen LogP contribution >= 0.6 is 38.9 Å². The van der Waals surface area contributed by atoms with Crippen molar-refractivity contribution in [2.75, 3.05) is 0 Å². The van der Waals surface area contributed by atoms with Crippen LogP contribution in [-0.4, -0.2) is 4.98 Å². The van der Waals surface area contributed by atoms with Crippen LogP contribution in [-0.2, 0) is 12.5 Å². The smallest absolute Gasteiger partial charge is 0.140 e. The van der Waals surface area contributed by atoms with Crippen LogP contribution in [0.3, 0.4) is 0 Å². The van der Waals surface area contributed by atoms with Crippen LogP contribution in [0.1, 0.15) is 16.3 Å². The first kappa shape index (κ1) is 12.9. The van der Waals surface area contributed by atoms with E-state index in [-0.39, 0.29) is 0 Å². The number of thiazole rings is 1. The Balaban J connectivity index is 2.04. The number of aromatic nitrogens is 1. The Morgan fingerprint density at radius 2 is 2.29 bits per heavy atom. The minimum absolute atomic E-state index is 0.466. The third-order valence-electron chi connectivity index (χ3n) is 2.19. The summed E-state index contributed by atoms with van der Waals surface area (Å²) >= 11 is 10.9. The first-order valence-electron chi connectivity index (χ1n) is 5.07. The van der Waals surface area contributed by atoms with E-state index in [0.29, 0.717) is 12.5 Å². The third kappa shape index (κ3) is 3.44. The molecule has 2 aromatic rings. The van der Waals surface area contributed by atoms with Crippen molar-refractivity contribution >= 4 is 38.9 Å². The van der Waals surface area contributed by atoms with Gasteiger partial charge in [-0.05, 0) is 30.7 Å². The van der Waals surface area contributed by atoms with E-state index in [2.05, 4.69) is 20.9 Å². The summed E-state index contributed by atoms with van der Waals surface area (Å²) < 4.78 is 6.68. The van der Waals surface area contributed by atoms with Crippen LogP contribution in [0.4, 0.5) is 0 Å². The molecule has 0 aliphatic carbocycles. The molecule has 0 atom stereocenters. The third-order valence-corrected chi connectivity index (χ3v) is 4.19. The average molecular weight is 333 g/mol. The largest absolute Gasteiger partial charge is 0.486 e. The van der Waals surface area contributed by atoms with Gasteiger partial charge in [-0.1, -0.05) is 15.9 Å². The van der Waals surface area contributed by atoms with Gasteiger partial charge in [-0.25, -0.2) is 4.98 Å². The predicted octanol–water partition coefficient (Wildman–Crippen LogP) is 4.53. The van der Waals surface area contributed by atoms with E-state index in [9.17, 15) is 0 Å². The molecule has 90 valence electrons. The lowest BCUT2D eigenvalue weighted by Crippen LogP contribution is -1.95. The first-order valence-corrected chi connectivity index (χ1v) is 7.28. The number of ether oxygens (including phenoxy) is 1. The highest BCUT2D eigenvalue weighted by Crippen LogP contribution is 2.24. The predicted molar refractivity (Wildman–Crippen MR) is 74.9 cm³/mol. The van der Waals surface area contributed by atoms with Crippen LogP contribution in [0.25, 0.3) is 0 Å². The zero-order valence-corrected chi connectivity index (χ0v) is 12.4. The fraction of sp³-hybridized carbons (Fsp3) is 0.250. The van der Waals surface area contributed by atoms with Crippen LogP contribution in [0, 0.1) is 6.92 Å². The Morgan fingerprint density at radius 1 is 1.47 bits per heavy atom. The van der Waals surface area contributed by atoms with E-state index in [1.807, 2.05) is 30.5 Å². The van der Waals surface area contributed by atoms with Crippen LogP contribution in [0.2, 0.25) is 0 Å². The highest BCUT2D eigenvalue weighted by molar-refractivity contribution is 9.10. The molecule has 1 heterocycles. The molecule has 0 bridgehead atoms. The Morgan fingerprint density at radius 3 is 2.94 bits per heavy atom. The molecule has 0 saturated heterocycles. The van der Waals surface area contributed by atoms with E-state index in [0.717, 1.165) is 26.5 Å². The van der Waals surface area contributed by atoms with Crippen LogP contribution < -0.4 is 4.74 Å². The van der Waals surface area contributed by atoms with Gasteiger partial charge in [0.15, 0.2) is 0 Å². The number of aryl methyl sites for hydroxylation is 1. The molecular formula is C12H11BrClNOS. The van der Waals surface area contributed by atoms with Crippen molar-refractivity contribution in [3.8, 4) is 5.75 Å². The molecule has 17 heavy (non-hydrogen) atoms. The second-order valence-corrected chi connectivity index (χ2v) is 5.62. The van der Waals surface area contributed by atoms with Gasteiger partial charge in [0.1, 0.15) is 17.4 Å². The van der Waals surface area contributed by atoms with Gasteiger partial charge in [-0.15, -0.1) is 22.9 Å². The van der Waals surface area contributed by atoms with E-state index in [1.165, 1.54) is 0 Å². The summed E-state index contributed by atoms with van der Waals surface area (Å²) in [5.74, 6) is 1.28. The normalized spacial score (nSPS) is 10.5. The van der Waals surface area contributed by atoms with Gasteiger partial charge < -0.3 is 4.74 Å². The summed E-state index contributed by atoms with van der Waals surface area (Å²) in [5, 5.41) is 3.00. The number of hydrogen-bond acceptors (Lipinski definition) is 3.